The Morgan fingerprint density at radius 3 is 2.73 bits per heavy atom. The van der Waals surface area contributed by atoms with E-state index in [9.17, 15) is 13.2 Å². The molecule has 0 radical (unpaired) electrons. The lowest BCUT2D eigenvalue weighted by molar-refractivity contribution is -0.127. The number of nitrogens with one attached hydrogen (secondary N) is 1. The summed E-state index contributed by atoms with van der Waals surface area (Å²) in [6.45, 7) is 4.70. The van der Waals surface area contributed by atoms with Gasteiger partial charge >= 0.3 is 0 Å². The molecule has 146 valence electrons. The first-order chi connectivity index (χ1) is 12.3. The molecule has 1 fully saturated rings. The Kier molecular flexibility index (Phi) is 7.02. The lowest BCUT2D eigenvalue weighted by Gasteiger charge is -2.32. The molecule has 1 aliphatic heterocycles. The molecule has 1 heterocycles. The van der Waals surface area contributed by atoms with Gasteiger partial charge in [-0.1, -0.05) is 0 Å². The number of aryl methyl sites for hydroxylation is 1. The van der Waals surface area contributed by atoms with Crippen molar-refractivity contribution >= 4 is 15.9 Å². The predicted octanol–water partition coefficient (Wildman–Crippen LogP) is 1.56. The number of methoxy groups -OCH3 is 2. The van der Waals surface area contributed by atoms with Crippen LogP contribution < -0.4 is 10.1 Å². The summed E-state index contributed by atoms with van der Waals surface area (Å²) >= 11 is 0. The van der Waals surface area contributed by atoms with Crippen molar-refractivity contribution in [2.24, 2.45) is 5.92 Å². The van der Waals surface area contributed by atoms with Crippen LogP contribution in [-0.4, -0.2) is 58.6 Å². The van der Waals surface area contributed by atoms with Crippen molar-refractivity contribution < 1.29 is 22.7 Å². The summed E-state index contributed by atoms with van der Waals surface area (Å²) in [5, 5.41) is 2.88. The first-order valence-electron chi connectivity index (χ1n) is 8.73. The van der Waals surface area contributed by atoms with Gasteiger partial charge in [0, 0.05) is 26.2 Å². The number of carbonyl (C=O) groups is 1. The number of hydrogen-bond acceptors (Lipinski definition) is 5. The van der Waals surface area contributed by atoms with E-state index in [2.05, 4.69) is 5.32 Å². The van der Waals surface area contributed by atoms with Crippen LogP contribution in [-0.2, 0) is 19.6 Å². The third kappa shape index (κ3) is 4.75. The number of piperidine rings is 1. The van der Waals surface area contributed by atoms with Crippen molar-refractivity contribution in [1.29, 1.82) is 0 Å². The van der Waals surface area contributed by atoms with Crippen LogP contribution in [0.25, 0.3) is 0 Å². The fourth-order valence-electron chi connectivity index (χ4n) is 3.19. The van der Waals surface area contributed by atoms with Crippen LogP contribution in [0.2, 0.25) is 0 Å². The zero-order chi connectivity index (χ0) is 19.3. The van der Waals surface area contributed by atoms with Crippen LogP contribution in [0.3, 0.4) is 0 Å². The predicted molar refractivity (Wildman–Crippen MR) is 98.7 cm³/mol. The van der Waals surface area contributed by atoms with Crippen LogP contribution in [0.5, 0.6) is 5.75 Å². The van der Waals surface area contributed by atoms with Gasteiger partial charge in [0.25, 0.3) is 0 Å². The summed E-state index contributed by atoms with van der Waals surface area (Å²) in [6, 6.07) is 4.70. The summed E-state index contributed by atoms with van der Waals surface area (Å²) in [5.41, 5.74) is 0.758. The van der Waals surface area contributed by atoms with E-state index < -0.39 is 10.0 Å². The minimum Gasteiger partial charge on any atom is -0.496 e. The molecule has 0 unspecified atom stereocenters. The SMILES string of the molecule is COC[C@H](C)NC(=O)[C@H]1CCCN(S(=O)(=O)c2ccc(OC)c(C)c2)C1. The molecule has 1 saturated heterocycles. The molecular weight excluding hydrogens is 356 g/mol. The Morgan fingerprint density at radius 1 is 1.38 bits per heavy atom. The van der Waals surface area contributed by atoms with Crippen molar-refractivity contribution in [3.05, 3.63) is 23.8 Å². The summed E-state index contributed by atoms with van der Waals surface area (Å²) in [7, 11) is -0.513. The molecule has 0 aromatic heterocycles. The van der Waals surface area contributed by atoms with E-state index in [0.717, 1.165) is 5.56 Å². The standard InChI is InChI=1S/C18H28N2O5S/c1-13-10-16(7-8-17(13)25-4)26(22,23)20-9-5-6-15(11-20)18(21)19-14(2)12-24-3/h7-8,10,14-15H,5-6,9,11-12H2,1-4H3,(H,19,21)/t14-,15-/m0/s1. The molecule has 26 heavy (non-hydrogen) atoms. The number of hydrogen-bond donors (Lipinski definition) is 1. The second-order valence-corrected chi connectivity index (χ2v) is 8.64. The molecule has 1 aromatic rings. The van der Waals surface area contributed by atoms with E-state index in [0.29, 0.717) is 31.7 Å². The maximum Gasteiger partial charge on any atom is 0.243 e. The average Bonchev–Trinajstić information content (AvgIpc) is 2.61. The first kappa shape index (κ1) is 20.7. The smallest absolute Gasteiger partial charge is 0.243 e. The van der Waals surface area contributed by atoms with E-state index in [1.54, 1.807) is 32.4 Å². The van der Waals surface area contributed by atoms with Crippen LogP contribution >= 0.6 is 0 Å². The molecule has 1 aromatic carbocycles. The van der Waals surface area contributed by atoms with Crippen molar-refractivity contribution in [2.75, 3.05) is 33.9 Å². The summed E-state index contributed by atoms with van der Waals surface area (Å²) in [6.07, 6.45) is 1.34. The zero-order valence-electron chi connectivity index (χ0n) is 15.8. The first-order valence-corrected chi connectivity index (χ1v) is 10.2. The van der Waals surface area contributed by atoms with Crippen LogP contribution in [0.1, 0.15) is 25.3 Å². The van der Waals surface area contributed by atoms with Gasteiger partial charge in [0.1, 0.15) is 5.75 Å². The van der Waals surface area contributed by atoms with Crippen molar-refractivity contribution in [3.8, 4) is 5.75 Å². The topological polar surface area (TPSA) is 84.9 Å². The van der Waals surface area contributed by atoms with Crippen LogP contribution in [0, 0.1) is 12.8 Å². The molecule has 1 amide bonds. The van der Waals surface area contributed by atoms with Gasteiger partial charge in [-0.25, -0.2) is 8.42 Å². The molecule has 1 aliphatic rings. The normalized spacial score (nSPS) is 19.8. The Labute approximate surface area is 155 Å². The van der Waals surface area contributed by atoms with Gasteiger partial charge in [0.05, 0.1) is 24.5 Å². The zero-order valence-corrected chi connectivity index (χ0v) is 16.6. The summed E-state index contributed by atoms with van der Waals surface area (Å²) in [5.74, 6) is 0.171. The Bertz CT molecular complexity index is 735. The minimum atomic E-state index is -3.64. The van der Waals surface area contributed by atoms with Gasteiger partial charge in [-0.2, -0.15) is 4.31 Å². The fourth-order valence-corrected chi connectivity index (χ4v) is 4.80. The fraction of sp³-hybridized carbons (Fsp3) is 0.611. The van der Waals surface area contributed by atoms with E-state index >= 15 is 0 Å². The molecule has 7 nitrogen and oxygen atoms in total. The van der Waals surface area contributed by atoms with Crippen LogP contribution in [0.15, 0.2) is 23.1 Å². The molecule has 1 N–H and O–H groups in total. The molecular formula is C18H28N2O5S. The van der Waals surface area contributed by atoms with Crippen molar-refractivity contribution in [1.82, 2.24) is 9.62 Å². The maximum atomic E-state index is 13.0. The highest BCUT2D eigenvalue weighted by Gasteiger charge is 2.33. The van der Waals surface area contributed by atoms with Crippen molar-refractivity contribution in [3.63, 3.8) is 0 Å². The summed E-state index contributed by atoms with van der Waals surface area (Å²) in [4.78, 5) is 12.7. The average molecular weight is 384 g/mol. The number of sulfonamides is 1. The molecule has 0 saturated carbocycles. The molecule has 0 bridgehead atoms. The maximum absolute atomic E-state index is 13.0. The highest BCUT2D eigenvalue weighted by Crippen LogP contribution is 2.27. The monoisotopic (exact) mass is 384 g/mol. The highest BCUT2D eigenvalue weighted by atomic mass is 32.2. The Morgan fingerprint density at radius 2 is 2.12 bits per heavy atom. The Balaban J connectivity index is 2.12. The quantitative estimate of drug-likeness (QED) is 0.771. The second-order valence-electron chi connectivity index (χ2n) is 6.70. The number of ether oxygens (including phenoxy) is 2. The van der Waals surface area contributed by atoms with Gasteiger partial charge in [-0.05, 0) is 50.5 Å². The number of amides is 1. The van der Waals surface area contributed by atoms with Gasteiger partial charge in [0.2, 0.25) is 15.9 Å². The van der Waals surface area contributed by atoms with E-state index in [-0.39, 0.29) is 29.3 Å². The number of nitrogens with zero attached hydrogens (tertiary/aromatic N) is 1. The lowest BCUT2D eigenvalue weighted by atomic mass is 9.98. The molecule has 2 atom stereocenters. The van der Waals surface area contributed by atoms with Gasteiger partial charge in [0.15, 0.2) is 0 Å². The van der Waals surface area contributed by atoms with E-state index in [4.69, 9.17) is 9.47 Å². The molecule has 0 aliphatic carbocycles. The molecule has 2 rings (SSSR count). The van der Waals surface area contributed by atoms with E-state index in [1.807, 2.05) is 13.8 Å². The molecule has 0 spiro atoms. The van der Waals surface area contributed by atoms with Crippen molar-refractivity contribution in [2.45, 2.75) is 37.6 Å². The largest absolute Gasteiger partial charge is 0.496 e. The lowest BCUT2D eigenvalue weighted by Crippen LogP contribution is -2.47. The van der Waals surface area contributed by atoms with Gasteiger partial charge in [-0.3, -0.25) is 4.79 Å². The molecule has 8 heteroatoms. The number of rotatable bonds is 7. The third-order valence-corrected chi connectivity index (χ3v) is 6.43. The van der Waals surface area contributed by atoms with E-state index in [1.165, 1.54) is 4.31 Å². The number of carbonyl (C=O) groups excluding carboxylic acids is 1. The number of benzene rings is 1. The second kappa shape index (κ2) is 8.83. The van der Waals surface area contributed by atoms with Gasteiger partial charge < -0.3 is 14.8 Å². The third-order valence-electron chi connectivity index (χ3n) is 4.56. The van der Waals surface area contributed by atoms with Gasteiger partial charge in [-0.15, -0.1) is 0 Å². The highest BCUT2D eigenvalue weighted by molar-refractivity contribution is 7.89. The minimum absolute atomic E-state index is 0.108. The Hall–Kier alpha value is -1.64. The summed E-state index contributed by atoms with van der Waals surface area (Å²) < 4.78 is 37.6. The van der Waals surface area contributed by atoms with Crippen LogP contribution in [0.4, 0.5) is 0 Å².